The third kappa shape index (κ3) is 9.28. The SMILES string of the molecule is CC(=O)O[C@H]1C[C@]2(C)[C@@]3(C=C[C@@H]4[C@@]5(C)CC[C@H](O[C@@H]6O[C@H](C)[C@H](O)[C@H](O[C@@H]7O[C@H](CO)[C@@H](O[C@@H]8O[C@@H](C)[C@H](O)[C@@H](O)[C@H]8O)[C@H](O)[C@H]7O)[C@H]6O[C@@H]6O[C@H](CO)[C@@H](O)[C@H](O)[C@H]6O)[C@@](C)(CO)C5CC[C@]42C)OC[C@@]12CCC(C)(C)C[C@H]23. The molecule has 12 N–H and O–H groups in total. The van der Waals surface area contributed by atoms with E-state index in [1.54, 1.807) is 0 Å². The van der Waals surface area contributed by atoms with Gasteiger partial charge in [-0.2, -0.15) is 0 Å². The second kappa shape index (κ2) is 21.4. The van der Waals surface area contributed by atoms with Gasteiger partial charge in [-0.15, -0.1) is 0 Å². The summed E-state index contributed by atoms with van der Waals surface area (Å²) in [6.45, 7) is 16.6. The monoisotopic (exact) mass is 1130 g/mol. The Morgan fingerprint density at radius 3 is 1.80 bits per heavy atom. The number of carbonyl (C=O) groups excluding carboxylic acids is 1. The molecule has 0 amide bonds. The van der Waals surface area contributed by atoms with E-state index in [0.29, 0.717) is 32.3 Å². The van der Waals surface area contributed by atoms with Gasteiger partial charge in [0, 0.05) is 29.1 Å². The van der Waals surface area contributed by atoms with Crippen LogP contribution in [-0.4, -0.2) is 234 Å². The van der Waals surface area contributed by atoms with Crippen LogP contribution in [0.4, 0.5) is 0 Å². The van der Waals surface area contributed by atoms with Crippen LogP contribution < -0.4 is 0 Å². The summed E-state index contributed by atoms with van der Waals surface area (Å²) in [5.41, 5.74) is -3.01. The van der Waals surface area contributed by atoms with Crippen LogP contribution in [0.1, 0.15) is 114 Å². The minimum absolute atomic E-state index is 0.0121. The average molecular weight is 1130 g/mol. The maximum absolute atomic E-state index is 12.9. The first-order valence-electron chi connectivity index (χ1n) is 28.7. The summed E-state index contributed by atoms with van der Waals surface area (Å²) in [7, 11) is 0. The van der Waals surface area contributed by atoms with E-state index < -0.39 is 164 Å². The molecule has 10 aliphatic rings. The van der Waals surface area contributed by atoms with Crippen molar-refractivity contribution in [1.29, 1.82) is 0 Å². The Bertz CT molecular complexity index is 2220. The number of fused-ring (bicyclic) bond motifs is 4. The summed E-state index contributed by atoms with van der Waals surface area (Å²) in [5, 5.41) is 132. The van der Waals surface area contributed by atoms with Crippen molar-refractivity contribution >= 4 is 5.97 Å². The molecule has 23 nitrogen and oxygen atoms in total. The first-order chi connectivity index (χ1) is 37.0. The van der Waals surface area contributed by atoms with Gasteiger partial charge in [-0.3, -0.25) is 4.79 Å². The normalized spacial score (nSPS) is 56.8. The molecule has 0 aromatic heterocycles. The summed E-state index contributed by atoms with van der Waals surface area (Å²) < 4.78 is 63.1. The second-order valence-corrected chi connectivity index (χ2v) is 27.1. The molecule has 4 saturated carbocycles. The zero-order valence-electron chi connectivity index (χ0n) is 46.9. The lowest BCUT2D eigenvalue weighted by Gasteiger charge is -2.73. The van der Waals surface area contributed by atoms with Crippen molar-refractivity contribution in [1.82, 2.24) is 0 Å². The molecule has 31 atom stereocenters. The number of allylic oxidation sites excluding steroid dienone is 1. The highest BCUT2D eigenvalue weighted by atomic mass is 16.8. The third-order valence-electron chi connectivity index (χ3n) is 22.4. The first kappa shape index (κ1) is 60.5. The van der Waals surface area contributed by atoms with Gasteiger partial charge in [0.15, 0.2) is 25.2 Å². The van der Waals surface area contributed by atoms with Gasteiger partial charge < -0.3 is 109 Å². The minimum atomic E-state index is -2.02. The fourth-order valence-electron chi connectivity index (χ4n) is 17.5. The zero-order valence-corrected chi connectivity index (χ0v) is 46.9. The summed E-state index contributed by atoms with van der Waals surface area (Å²) in [5.74, 6) is -0.333. The first-order valence-corrected chi connectivity index (χ1v) is 28.7. The topological polar surface area (TPSA) is 352 Å². The maximum Gasteiger partial charge on any atom is 0.302 e. The van der Waals surface area contributed by atoms with Crippen LogP contribution in [0.5, 0.6) is 0 Å². The Kier molecular flexibility index (Phi) is 16.4. The summed E-state index contributed by atoms with van der Waals surface area (Å²) in [6.07, 6.45) is -23.6. The van der Waals surface area contributed by atoms with Crippen LogP contribution in [0.25, 0.3) is 0 Å². The number of rotatable bonds is 12. The Morgan fingerprint density at radius 1 is 0.570 bits per heavy atom. The van der Waals surface area contributed by atoms with Crippen LogP contribution in [0, 0.1) is 50.2 Å². The molecule has 5 saturated heterocycles. The molecule has 0 aromatic carbocycles. The van der Waals surface area contributed by atoms with Gasteiger partial charge >= 0.3 is 5.97 Å². The fourth-order valence-corrected chi connectivity index (χ4v) is 17.5. The van der Waals surface area contributed by atoms with Gasteiger partial charge in [0.1, 0.15) is 91.6 Å². The lowest BCUT2D eigenvalue weighted by Crippen LogP contribution is -2.73. The molecule has 1 spiro atoms. The molecular formula is C56H90O23. The molecule has 5 aliphatic heterocycles. The Labute approximate surface area is 461 Å². The maximum atomic E-state index is 12.9. The predicted molar refractivity (Wildman–Crippen MR) is 270 cm³/mol. The van der Waals surface area contributed by atoms with Crippen molar-refractivity contribution in [2.75, 3.05) is 26.4 Å². The van der Waals surface area contributed by atoms with Crippen molar-refractivity contribution in [2.24, 2.45) is 50.2 Å². The molecule has 1 unspecified atom stereocenters. The number of aliphatic hydroxyl groups excluding tert-OH is 12. The minimum Gasteiger partial charge on any atom is -0.462 e. The number of hydrogen-bond donors (Lipinski definition) is 12. The molecule has 0 aromatic rings. The van der Waals surface area contributed by atoms with Crippen molar-refractivity contribution < 1.29 is 113 Å². The predicted octanol–water partition coefficient (Wildman–Crippen LogP) is -0.976. The number of aliphatic hydroxyl groups is 12. The summed E-state index contributed by atoms with van der Waals surface area (Å²) in [6, 6.07) is 0. The van der Waals surface area contributed by atoms with Crippen LogP contribution in [0.15, 0.2) is 12.2 Å². The van der Waals surface area contributed by atoms with Gasteiger partial charge in [-0.25, -0.2) is 0 Å². The van der Waals surface area contributed by atoms with E-state index in [1.807, 2.05) is 6.92 Å². The lowest BCUT2D eigenvalue weighted by atomic mass is 9.32. The van der Waals surface area contributed by atoms with E-state index in [-0.39, 0.29) is 52.7 Å². The van der Waals surface area contributed by atoms with Crippen molar-refractivity contribution in [3.8, 4) is 0 Å². The highest BCUT2D eigenvalue weighted by Crippen LogP contribution is 2.79. The van der Waals surface area contributed by atoms with Crippen molar-refractivity contribution in [2.45, 2.75) is 254 Å². The molecule has 5 aliphatic carbocycles. The largest absolute Gasteiger partial charge is 0.462 e. The van der Waals surface area contributed by atoms with E-state index in [1.165, 1.54) is 20.8 Å². The van der Waals surface area contributed by atoms with Gasteiger partial charge in [0.05, 0.1) is 50.3 Å². The average Bonchev–Trinajstić information content (AvgIpc) is 2.00. The smallest absolute Gasteiger partial charge is 0.302 e. The van der Waals surface area contributed by atoms with Crippen LogP contribution in [0.3, 0.4) is 0 Å². The molecule has 23 heteroatoms. The van der Waals surface area contributed by atoms with Crippen LogP contribution in [-0.2, 0) is 52.2 Å². The third-order valence-corrected chi connectivity index (χ3v) is 22.4. The fraction of sp³-hybridized carbons (Fsp3) is 0.946. The Morgan fingerprint density at radius 2 is 1.15 bits per heavy atom. The van der Waals surface area contributed by atoms with E-state index >= 15 is 0 Å². The zero-order chi connectivity index (χ0) is 57.5. The molecule has 5 heterocycles. The van der Waals surface area contributed by atoms with E-state index in [0.717, 1.165) is 25.7 Å². The molecule has 0 radical (unpaired) electrons. The highest BCUT2D eigenvalue weighted by molar-refractivity contribution is 5.66. The molecule has 452 valence electrons. The van der Waals surface area contributed by atoms with Crippen molar-refractivity contribution in [3.05, 3.63) is 12.2 Å². The van der Waals surface area contributed by atoms with Gasteiger partial charge in [-0.05, 0) is 93.3 Å². The van der Waals surface area contributed by atoms with E-state index in [2.05, 4.69) is 46.8 Å². The standard InChI is InChI=1S/C56H90O23/c1-24-34(61)37(64)40(67)46(71-24)77-43-28(21-58)75-48(42(69)39(43)66)78-44-35(62)25(2)72-49(45(44)79-47-41(68)38(65)36(63)27(20-57)74-47)76-32-12-13-51(6)29(52(32,7)22-59)10-14-53(8)30(51)11-15-56-31-18-50(4,5)16-17-55(31,23-70-56)33(73-26(3)60)19-54(53,56)9/h11,15,24-25,27-49,57-59,61-69H,10,12-14,16-23H2,1-9H3/t24-,25+,27+,28+,29?,30+,31+,32-,33-,34-,35-,36+,37+,38-,39+,40+,41+,42+,43+,44-,45+,46-,47-,48-,49-,51-,52-,53+,54-,55+,56-/m0/s1. The van der Waals surface area contributed by atoms with Crippen molar-refractivity contribution in [3.63, 3.8) is 0 Å². The lowest BCUT2D eigenvalue weighted by molar-refractivity contribution is -0.403. The number of carbonyl (C=O) groups is 1. The quantitative estimate of drug-likeness (QED) is 0.0635. The van der Waals surface area contributed by atoms with E-state index in [4.69, 9.17) is 47.4 Å². The van der Waals surface area contributed by atoms with Gasteiger partial charge in [-0.1, -0.05) is 53.7 Å². The summed E-state index contributed by atoms with van der Waals surface area (Å²) in [4.78, 5) is 12.9. The number of hydrogen-bond acceptors (Lipinski definition) is 23. The molecule has 10 rings (SSSR count). The molecule has 9 fully saturated rings. The number of ether oxygens (including phenoxy) is 10. The molecule has 79 heavy (non-hydrogen) atoms. The van der Waals surface area contributed by atoms with Crippen LogP contribution in [0.2, 0.25) is 0 Å². The molecule has 2 bridgehead atoms. The number of esters is 1. The van der Waals surface area contributed by atoms with Crippen LogP contribution >= 0.6 is 0 Å². The summed E-state index contributed by atoms with van der Waals surface area (Å²) >= 11 is 0. The Balaban J connectivity index is 0.944. The Hall–Kier alpha value is -1.63. The van der Waals surface area contributed by atoms with E-state index in [9.17, 15) is 66.1 Å². The van der Waals surface area contributed by atoms with Gasteiger partial charge in [0.25, 0.3) is 0 Å². The molecular weight excluding hydrogens is 1040 g/mol. The highest BCUT2D eigenvalue weighted by Gasteiger charge is 2.80. The second-order valence-electron chi connectivity index (χ2n) is 27.1. The van der Waals surface area contributed by atoms with Gasteiger partial charge in [0.2, 0.25) is 0 Å².